The number of hydrogen-bond donors (Lipinski definition) is 0. The van der Waals surface area contributed by atoms with E-state index >= 15 is 0 Å². The van der Waals surface area contributed by atoms with Gasteiger partial charge in [0.1, 0.15) is 5.76 Å². The van der Waals surface area contributed by atoms with Gasteiger partial charge in [-0.1, -0.05) is 17.3 Å². The first-order valence-corrected chi connectivity index (χ1v) is 8.01. The molecule has 0 fully saturated rings. The molecule has 3 rings (SSSR count). The number of rotatable bonds is 5. The summed E-state index contributed by atoms with van der Waals surface area (Å²) in [6, 6.07) is 7.77. The summed E-state index contributed by atoms with van der Waals surface area (Å²) < 4.78 is 11.9. The predicted octanol–water partition coefficient (Wildman–Crippen LogP) is 3.74. The van der Waals surface area contributed by atoms with E-state index in [0.29, 0.717) is 24.9 Å². The van der Waals surface area contributed by atoms with E-state index in [-0.39, 0.29) is 0 Å². The zero-order valence-corrected chi connectivity index (χ0v) is 14.8. The van der Waals surface area contributed by atoms with Gasteiger partial charge in [-0.05, 0) is 49.0 Å². The second kappa shape index (κ2) is 6.64. The van der Waals surface area contributed by atoms with Crippen LogP contribution in [0.15, 0.2) is 37.7 Å². The maximum Gasteiger partial charge on any atom is 0.248 e. The Balaban J connectivity index is 1.71. The predicted molar refractivity (Wildman–Crippen MR) is 88.6 cm³/mol. The van der Waals surface area contributed by atoms with E-state index in [0.717, 1.165) is 27.1 Å². The van der Waals surface area contributed by atoms with Crippen LogP contribution in [0, 0.1) is 13.8 Å². The summed E-state index contributed by atoms with van der Waals surface area (Å²) >= 11 is 3.49. The lowest BCUT2D eigenvalue weighted by Crippen LogP contribution is -2.18. The van der Waals surface area contributed by atoms with Crippen LogP contribution in [0.2, 0.25) is 0 Å². The summed E-state index contributed by atoms with van der Waals surface area (Å²) in [4.78, 5) is 2.09. The standard InChI is InChI=1S/C16H17BrN4O2/c1-10-13(11(2)23-20-10)8-21(3)9-15-18-19-16(22-15)12-6-4-5-7-14(12)17/h4-7H,8-9H2,1-3H3. The first-order chi connectivity index (χ1) is 11.0. The van der Waals surface area contributed by atoms with Gasteiger partial charge in [0.2, 0.25) is 11.8 Å². The van der Waals surface area contributed by atoms with Gasteiger partial charge in [0.25, 0.3) is 0 Å². The summed E-state index contributed by atoms with van der Waals surface area (Å²) in [5, 5.41) is 12.2. The summed E-state index contributed by atoms with van der Waals surface area (Å²) in [6.07, 6.45) is 0. The molecule has 1 aromatic carbocycles. The number of aromatic nitrogens is 3. The first-order valence-electron chi connectivity index (χ1n) is 7.22. The second-order valence-electron chi connectivity index (χ2n) is 5.46. The Bertz CT molecular complexity index is 793. The molecule has 0 bridgehead atoms. The molecule has 2 aromatic heterocycles. The van der Waals surface area contributed by atoms with Crippen LogP contribution in [0.3, 0.4) is 0 Å². The van der Waals surface area contributed by atoms with Gasteiger partial charge in [-0.2, -0.15) is 0 Å². The smallest absolute Gasteiger partial charge is 0.248 e. The van der Waals surface area contributed by atoms with Crippen molar-refractivity contribution in [2.75, 3.05) is 7.05 Å². The van der Waals surface area contributed by atoms with Crippen molar-refractivity contribution >= 4 is 15.9 Å². The van der Waals surface area contributed by atoms with Gasteiger partial charge in [-0.25, -0.2) is 0 Å². The highest BCUT2D eigenvalue weighted by Gasteiger charge is 2.15. The fourth-order valence-corrected chi connectivity index (χ4v) is 2.80. The normalized spacial score (nSPS) is 11.3. The molecular weight excluding hydrogens is 360 g/mol. The van der Waals surface area contributed by atoms with E-state index in [4.69, 9.17) is 8.94 Å². The van der Waals surface area contributed by atoms with E-state index in [1.165, 1.54) is 0 Å². The lowest BCUT2D eigenvalue weighted by atomic mass is 10.2. The Morgan fingerprint density at radius 1 is 1.13 bits per heavy atom. The molecule has 23 heavy (non-hydrogen) atoms. The van der Waals surface area contributed by atoms with Crippen molar-refractivity contribution in [3.05, 3.63) is 51.6 Å². The van der Waals surface area contributed by atoms with Crippen LogP contribution in [0.1, 0.15) is 22.9 Å². The summed E-state index contributed by atoms with van der Waals surface area (Å²) in [6.45, 7) is 5.13. The second-order valence-corrected chi connectivity index (χ2v) is 6.31. The Hall–Kier alpha value is -1.99. The zero-order valence-electron chi connectivity index (χ0n) is 13.2. The highest BCUT2D eigenvalue weighted by atomic mass is 79.9. The van der Waals surface area contributed by atoms with Gasteiger partial charge in [-0.15, -0.1) is 10.2 Å². The Morgan fingerprint density at radius 2 is 1.91 bits per heavy atom. The third kappa shape index (κ3) is 3.51. The topological polar surface area (TPSA) is 68.2 Å². The first kappa shape index (κ1) is 15.9. The van der Waals surface area contributed by atoms with E-state index in [1.54, 1.807) is 0 Å². The number of aryl methyl sites for hydroxylation is 2. The number of hydrogen-bond acceptors (Lipinski definition) is 6. The summed E-state index contributed by atoms with van der Waals surface area (Å²) in [5.74, 6) is 1.93. The molecule has 0 radical (unpaired) electrons. The molecule has 120 valence electrons. The lowest BCUT2D eigenvalue weighted by molar-refractivity contribution is 0.280. The van der Waals surface area contributed by atoms with Crippen LogP contribution in [0.4, 0.5) is 0 Å². The number of halogens is 1. The summed E-state index contributed by atoms with van der Waals surface area (Å²) in [5.41, 5.74) is 2.89. The van der Waals surface area contributed by atoms with Gasteiger partial charge in [0.15, 0.2) is 0 Å². The largest absolute Gasteiger partial charge is 0.419 e. The fourth-order valence-electron chi connectivity index (χ4n) is 2.35. The number of benzene rings is 1. The quantitative estimate of drug-likeness (QED) is 0.675. The van der Waals surface area contributed by atoms with Crippen LogP contribution < -0.4 is 0 Å². The summed E-state index contributed by atoms with van der Waals surface area (Å²) in [7, 11) is 1.99. The third-order valence-electron chi connectivity index (χ3n) is 3.59. The SMILES string of the molecule is Cc1noc(C)c1CN(C)Cc1nnc(-c2ccccc2Br)o1. The molecule has 0 unspecified atom stereocenters. The van der Waals surface area contributed by atoms with Crippen LogP contribution in [-0.2, 0) is 13.1 Å². The van der Waals surface area contributed by atoms with Crippen molar-refractivity contribution in [1.82, 2.24) is 20.3 Å². The number of nitrogens with zero attached hydrogens (tertiary/aromatic N) is 4. The van der Waals surface area contributed by atoms with Crippen molar-refractivity contribution in [2.24, 2.45) is 0 Å². The molecule has 0 spiro atoms. The van der Waals surface area contributed by atoms with E-state index in [2.05, 4.69) is 36.2 Å². The minimum atomic E-state index is 0.512. The van der Waals surface area contributed by atoms with Gasteiger partial charge in [0, 0.05) is 16.6 Å². The van der Waals surface area contributed by atoms with Gasteiger partial charge >= 0.3 is 0 Å². The molecular formula is C16H17BrN4O2. The van der Waals surface area contributed by atoms with Crippen molar-refractivity contribution in [1.29, 1.82) is 0 Å². The van der Waals surface area contributed by atoms with Crippen LogP contribution >= 0.6 is 15.9 Å². The van der Waals surface area contributed by atoms with E-state index in [9.17, 15) is 0 Å². The van der Waals surface area contributed by atoms with Crippen LogP contribution in [-0.4, -0.2) is 27.3 Å². The third-order valence-corrected chi connectivity index (χ3v) is 4.28. The molecule has 0 aliphatic heterocycles. The van der Waals surface area contributed by atoms with Crippen LogP contribution in [0.5, 0.6) is 0 Å². The fraction of sp³-hybridized carbons (Fsp3) is 0.312. The highest BCUT2D eigenvalue weighted by Crippen LogP contribution is 2.27. The Labute approximate surface area is 142 Å². The van der Waals surface area contributed by atoms with Crippen molar-refractivity contribution in [3.8, 4) is 11.5 Å². The van der Waals surface area contributed by atoms with Gasteiger partial charge in [0.05, 0.1) is 17.8 Å². The molecule has 7 heteroatoms. The Kier molecular flexibility index (Phi) is 4.58. The zero-order chi connectivity index (χ0) is 16.4. The molecule has 0 saturated heterocycles. The molecule has 0 amide bonds. The van der Waals surface area contributed by atoms with Crippen molar-refractivity contribution < 1.29 is 8.94 Å². The van der Waals surface area contributed by atoms with Gasteiger partial charge < -0.3 is 8.94 Å². The molecule has 6 nitrogen and oxygen atoms in total. The lowest BCUT2D eigenvalue weighted by Gasteiger charge is -2.13. The Morgan fingerprint density at radius 3 is 2.61 bits per heavy atom. The molecule has 0 atom stereocenters. The van der Waals surface area contributed by atoms with Crippen LogP contribution in [0.25, 0.3) is 11.5 Å². The molecule has 0 saturated carbocycles. The average molecular weight is 377 g/mol. The van der Waals surface area contributed by atoms with E-state index in [1.807, 2.05) is 45.2 Å². The van der Waals surface area contributed by atoms with E-state index < -0.39 is 0 Å². The van der Waals surface area contributed by atoms with Crippen molar-refractivity contribution in [2.45, 2.75) is 26.9 Å². The minimum Gasteiger partial charge on any atom is -0.419 e. The maximum atomic E-state index is 5.77. The molecule has 2 heterocycles. The monoisotopic (exact) mass is 376 g/mol. The van der Waals surface area contributed by atoms with Crippen molar-refractivity contribution in [3.63, 3.8) is 0 Å². The average Bonchev–Trinajstić information content (AvgIpc) is 3.09. The molecule has 0 aliphatic rings. The molecule has 0 aliphatic carbocycles. The minimum absolute atomic E-state index is 0.512. The molecule has 0 N–H and O–H groups in total. The van der Waals surface area contributed by atoms with Gasteiger partial charge in [-0.3, -0.25) is 4.90 Å². The maximum absolute atomic E-state index is 5.77. The highest BCUT2D eigenvalue weighted by molar-refractivity contribution is 9.10. The molecule has 3 aromatic rings.